The number of hydrogen-bond donors (Lipinski definition) is 2. The predicted molar refractivity (Wildman–Crippen MR) is 143 cm³/mol. The van der Waals surface area contributed by atoms with Crippen LogP contribution < -0.4 is 15.5 Å². The van der Waals surface area contributed by atoms with E-state index in [1.807, 2.05) is 10.9 Å². The van der Waals surface area contributed by atoms with Crippen LogP contribution in [-0.4, -0.2) is 90.1 Å². The van der Waals surface area contributed by atoms with E-state index in [0.29, 0.717) is 5.95 Å². The van der Waals surface area contributed by atoms with E-state index < -0.39 is 0 Å². The van der Waals surface area contributed by atoms with E-state index in [1.54, 1.807) is 11.3 Å². The molecule has 3 aromatic heterocycles. The van der Waals surface area contributed by atoms with Gasteiger partial charge in [0, 0.05) is 56.0 Å². The largest absolute Gasteiger partial charge is 0.379 e. The van der Waals surface area contributed by atoms with Crippen LogP contribution in [-0.2, 0) is 9.47 Å². The monoisotopic (exact) mass is 506 g/mol. The van der Waals surface area contributed by atoms with Crippen LogP contribution in [0.25, 0.3) is 16.9 Å². The maximum atomic E-state index is 5.47. The van der Waals surface area contributed by atoms with Crippen molar-refractivity contribution in [3.63, 3.8) is 0 Å². The molecule has 188 valence electrons. The van der Waals surface area contributed by atoms with Crippen LogP contribution in [0.3, 0.4) is 0 Å². The van der Waals surface area contributed by atoms with Crippen molar-refractivity contribution in [2.45, 2.75) is 0 Å². The Morgan fingerprint density at radius 1 is 0.889 bits per heavy atom. The van der Waals surface area contributed by atoms with Gasteiger partial charge < -0.3 is 25.0 Å². The topological polar surface area (TPSA) is 92.6 Å². The SMILES string of the molecule is c1cc(-n2cnc3c(NCCN4CCOCC4)nc(Nc4ccc(N5CCOCC5)cc4)nc32)cs1. The zero-order chi connectivity index (χ0) is 24.2. The third-order valence-corrected chi connectivity index (χ3v) is 7.18. The maximum Gasteiger partial charge on any atom is 0.231 e. The Morgan fingerprint density at radius 2 is 1.67 bits per heavy atom. The molecule has 0 radical (unpaired) electrons. The molecule has 0 bridgehead atoms. The van der Waals surface area contributed by atoms with Crippen molar-refractivity contribution in [2.75, 3.05) is 81.2 Å². The summed E-state index contributed by atoms with van der Waals surface area (Å²) in [6, 6.07) is 10.5. The number of morpholine rings is 2. The minimum absolute atomic E-state index is 0.535. The highest BCUT2D eigenvalue weighted by Crippen LogP contribution is 2.27. The summed E-state index contributed by atoms with van der Waals surface area (Å²) >= 11 is 1.65. The number of nitrogens with one attached hydrogen (secondary N) is 2. The van der Waals surface area contributed by atoms with Crippen LogP contribution in [0.4, 0.5) is 23.1 Å². The molecule has 6 rings (SSSR count). The molecular formula is C25H30N8O2S. The first-order valence-corrected chi connectivity index (χ1v) is 13.3. The number of benzene rings is 1. The summed E-state index contributed by atoms with van der Waals surface area (Å²) in [5.41, 5.74) is 4.70. The van der Waals surface area contributed by atoms with Crippen molar-refractivity contribution in [1.29, 1.82) is 0 Å². The number of anilines is 4. The van der Waals surface area contributed by atoms with Gasteiger partial charge in [-0.25, -0.2) is 4.98 Å². The number of ether oxygens (including phenoxy) is 2. The molecule has 0 spiro atoms. The molecule has 2 fully saturated rings. The first-order valence-electron chi connectivity index (χ1n) is 12.3. The van der Waals surface area contributed by atoms with Gasteiger partial charge in [-0.05, 0) is 35.7 Å². The highest BCUT2D eigenvalue weighted by Gasteiger charge is 2.16. The van der Waals surface area contributed by atoms with Gasteiger partial charge in [-0.1, -0.05) is 0 Å². The third kappa shape index (κ3) is 5.14. The lowest BCUT2D eigenvalue weighted by molar-refractivity contribution is 0.0398. The molecule has 2 aliphatic heterocycles. The molecule has 11 heteroatoms. The first kappa shape index (κ1) is 23.2. The fourth-order valence-corrected chi connectivity index (χ4v) is 5.15. The van der Waals surface area contributed by atoms with Crippen molar-refractivity contribution >= 4 is 45.6 Å². The van der Waals surface area contributed by atoms with E-state index in [-0.39, 0.29) is 0 Å². The van der Waals surface area contributed by atoms with E-state index >= 15 is 0 Å². The first-order chi connectivity index (χ1) is 17.8. The Labute approximate surface area is 213 Å². The summed E-state index contributed by atoms with van der Waals surface area (Å²) in [6.07, 6.45) is 1.81. The number of aromatic nitrogens is 4. The zero-order valence-corrected chi connectivity index (χ0v) is 20.9. The minimum atomic E-state index is 0.535. The van der Waals surface area contributed by atoms with Crippen LogP contribution in [0.5, 0.6) is 0 Å². The van der Waals surface area contributed by atoms with E-state index in [4.69, 9.17) is 19.4 Å². The molecule has 0 saturated carbocycles. The number of hydrogen-bond acceptors (Lipinski definition) is 10. The Morgan fingerprint density at radius 3 is 2.42 bits per heavy atom. The van der Waals surface area contributed by atoms with E-state index in [2.05, 4.69) is 66.5 Å². The van der Waals surface area contributed by atoms with Gasteiger partial charge in [-0.2, -0.15) is 21.3 Å². The number of imidazole rings is 1. The Kier molecular flexibility index (Phi) is 6.94. The summed E-state index contributed by atoms with van der Waals surface area (Å²) in [7, 11) is 0. The second-order valence-corrected chi connectivity index (χ2v) is 9.60. The van der Waals surface area contributed by atoms with Gasteiger partial charge in [0.05, 0.1) is 32.1 Å². The van der Waals surface area contributed by atoms with Crippen molar-refractivity contribution in [1.82, 2.24) is 24.4 Å². The molecule has 4 aromatic rings. The molecule has 2 aliphatic rings. The second-order valence-electron chi connectivity index (χ2n) is 8.82. The average Bonchev–Trinajstić information content (AvgIpc) is 3.61. The molecule has 2 N–H and O–H groups in total. The van der Waals surface area contributed by atoms with E-state index in [1.165, 1.54) is 5.69 Å². The van der Waals surface area contributed by atoms with Gasteiger partial charge in [-0.15, -0.1) is 0 Å². The summed E-state index contributed by atoms with van der Waals surface area (Å²) in [6.45, 7) is 8.57. The van der Waals surface area contributed by atoms with Crippen molar-refractivity contribution in [3.8, 4) is 5.69 Å². The van der Waals surface area contributed by atoms with Gasteiger partial charge in [0.2, 0.25) is 5.95 Å². The number of thiophene rings is 1. The van der Waals surface area contributed by atoms with Gasteiger partial charge >= 0.3 is 0 Å². The standard InChI is InChI=1S/C25H30N8O2S/c1-3-20(32-10-14-35-15-11-32)4-2-19(1)28-25-29-23(26-6-7-31-8-12-34-13-9-31)22-24(30-25)33(18-27-22)21-5-16-36-17-21/h1-5,16-18H,6-15H2,(H2,26,28,29,30). The quantitative estimate of drug-likeness (QED) is 0.374. The van der Waals surface area contributed by atoms with Crippen LogP contribution in [0, 0.1) is 0 Å². The molecule has 5 heterocycles. The summed E-state index contributed by atoms with van der Waals surface area (Å²) in [5, 5.41) is 11.0. The van der Waals surface area contributed by atoms with Crippen LogP contribution >= 0.6 is 11.3 Å². The molecule has 0 aliphatic carbocycles. The predicted octanol–water partition coefficient (Wildman–Crippen LogP) is 3.20. The normalized spacial score (nSPS) is 16.9. The smallest absolute Gasteiger partial charge is 0.231 e. The lowest BCUT2D eigenvalue weighted by Gasteiger charge is -2.28. The van der Waals surface area contributed by atoms with E-state index in [9.17, 15) is 0 Å². The van der Waals surface area contributed by atoms with Gasteiger partial charge in [-0.3, -0.25) is 9.47 Å². The van der Waals surface area contributed by atoms with Crippen LogP contribution in [0.1, 0.15) is 0 Å². The lowest BCUT2D eigenvalue weighted by Crippen LogP contribution is -2.39. The van der Waals surface area contributed by atoms with Gasteiger partial charge in [0.15, 0.2) is 17.0 Å². The number of nitrogens with zero attached hydrogens (tertiary/aromatic N) is 6. The van der Waals surface area contributed by atoms with Gasteiger partial charge in [0.1, 0.15) is 6.33 Å². The van der Waals surface area contributed by atoms with Crippen molar-refractivity contribution in [3.05, 3.63) is 47.4 Å². The van der Waals surface area contributed by atoms with E-state index in [0.717, 1.165) is 94.1 Å². The summed E-state index contributed by atoms with van der Waals surface area (Å²) < 4.78 is 12.9. The summed E-state index contributed by atoms with van der Waals surface area (Å²) in [4.78, 5) is 19.0. The Hall–Kier alpha value is -3.25. The average molecular weight is 507 g/mol. The molecule has 0 atom stereocenters. The molecule has 0 amide bonds. The molecule has 0 unspecified atom stereocenters. The lowest BCUT2D eigenvalue weighted by atomic mass is 10.2. The van der Waals surface area contributed by atoms with Crippen molar-refractivity contribution < 1.29 is 9.47 Å². The molecular weight excluding hydrogens is 476 g/mol. The van der Waals surface area contributed by atoms with Crippen LogP contribution in [0.2, 0.25) is 0 Å². The Balaban J connectivity index is 1.24. The van der Waals surface area contributed by atoms with Gasteiger partial charge in [0.25, 0.3) is 0 Å². The van der Waals surface area contributed by atoms with Crippen LogP contribution in [0.15, 0.2) is 47.4 Å². The zero-order valence-electron chi connectivity index (χ0n) is 20.1. The van der Waals surface area contributed by atoms with Crippen molar-refractivity contribution in [2.24, 2.45) is 0 Å². The third-order valence-electron chi connectivity index (χ3n) is 6.50. The molecule has 10 nitrogen and oxygen atoms in total. The number of fused-ring (bicyclic) bond motifs is 1. The second kappa shape index (κ2) is 10.8. The minimum Gasteiger partial charge on any atom is -0.379 e. The highest BCUT2D eigenvalue weighted by atomic mass is 32.1. The molecule has 2 saturated heterocycles. The fraction of sp³-hybridized carbons (Fsp3) is 0.400. The molecule has 1 aromatic carbocycles. The molecule has 36 heavy (non-hydrogen) atoms. The Bertz CT molecular complexity index is 1270. The maximum absolute atomic E-state index is 5.47. The number of rotatable bonds is 8. The summed E-state index contributed by atoms with van der Waals surface area (Å²) in [5.74, 6) is 1.27. The fourth-order valence-electron chi connectivity index (χ4n) is 4.53. The highest BCUT2D eigenvalue weighted by molar-refractivity contribution is 7.08.